The second-order valence-corrected chi connectivity index (χ2v) is 6.22. The molecule has 2 aromatic heterocycles. The lowest BCUT2D eigenvalue weighted by molar-refractivity contribution is 0.562. The lowest BCUT2D eigenvalue weighted by atomic mass is 10.3. The van der Waals surface area contributed by atoms with Gasteiger partial charge in [0.15, 0.2) is 5.65 Å². The van der Waals surface area contributed by atoms with Crippen molar-refractivity contribution in [1.82, 2.24) is 19.5 Å². The molecule has 2 aromatic rings. The zero-order valence-electron chi connectivity index (χ0n) is 11.5. The molecule has 0 aromatic carbocycles. The van der Waals surface area contributed by atoms with Gasteiger partial charge in [-0.25, -0.2) is 18.1 Å². The van der Waals surface area contributed by atoms with E-state index < -0.39 is 10.0 Å². The normalized spacial score (nSPS) is 13.2. The Morgan fingerprint density at radius 1 is 1.50 bits per heavy atom. The molecule has 0 amide bonds. The van der Waals surface area contributed by atoms with Crippen LogP contribution >= 0.6 is 12.4 Å². The maximum absolute atomic E-state index is 12.1. The molecule has 0 aliphatic rings. The highest BCUT2D eigenvalue weighted by Crippen LogP contribution is 2.19. The van der Waals surface area contributed by atoms with E-state index in [1.165, 1.54) is 6.20 Å². The van der Waals surface area contributed by atoms with E-state index in [-0.39, 0.29) is 29.9 Å². The first-order valence-electron chi connectivity index (χ1n) is 5.87. The summed E-state index contributed by atoms with van der Waals surface area (Å²) in [7, 11) is -1.83. The van der Waals surface area contributed by atoms with Crippen molar-refractivity contribution in [2.45, 2.75) is 24.8 Å². The Morgan fingerprint density at radius 2 is 2.15 bits per heavy atom. The molecular weight excluding hydrogens is 302 g/mol. The fourth-order valence-corrected chi connectivity index (χ4v) is 3.04. The van der Waals surface area contributed by atoms with Crippen molar-refractivity contribution in [1.29, 1.82) is 0 Å². The highest BCUT2D eigenvalue weighted by atomic mass is 35.5. The second-order valence-electron chi connectivity index (χ2n) is 4.51. The third kappa shape index (κ3) is 3.09. The zero-order chi connectivity index (χ0) is 14.2. The zero-order valence-corrected chi connectivity index (χ0v) is 13.1. The number of hydrogen-bond donors (Lipinski definition) is 2. The van der Waals surface area contributed by atoms with Gasteiger partial charge in [0.05, 0.1) is 5.69 Å². The number of aryl methyl sites for hydroxylation is 2. The predicted molar refractivity (Wildman–Crippen MR) is 79.3 cm³/mol. The van der Waals surface area contributed by atoms with E-state index in [1.807, 2.05) is 6.92 Å². The van der Waals surface area contributed by atoms with E-state index in [4.69, 9.17) is 5.73 Å². The van der Waals surface area contributed by atoms with E-state index in [2.05, 4.69) is 14.8 Å². The largest absolute Gasteiger partial charge is 0.329 e. The van der Waals surface area contributed by atoms with Crippen LogP contribution in [0.3, 0.4) is 0 Å². The summed E-state index contributed by atoms with van der Waals surface area (Å²) in [5.41, 5.74) is 6.82. The number of halogens is 1. The molecule has 0 spiro atoms. The van der Waals surface area contributed by atoms with Crippen LogP contribution in [0.4, 0.5) is 0 Å². The summed E-state index contributed by atoms with van der Waals surface area (Å²) < 4.78 is 28.4. The van der Waals surface area contributed by atoms with Crippen LogP contribution in [0, 0.1) is 6.92 Å². The van der Waals surface area contributed by atoms with E-state index in [1.54, 1.807) is 24.7 Å². The minimum Gasteiger partial charge on any atom is -0.329 e. The minimum atomic E-state index is -3.60. The molecule has 7 nitrogen and oxygen atoms in total. The van der Waals surface area contributed by atoms with E-state index >= 15 is 0 Å². The molecule has 0 radical (unpaired) electrons. The Morgan fingerprint density at radius 3 is 2.75 bits per heavy atom. The molecule has 2 rings (SSSR count). The van der Waals surface area contributed by atoms with Crippen LogP contribution < -0.4 is 10.5 Å². The number of nitrogens with one attached hydrogen (secondary N) is 1. The van der Waals surface area contributed by atoms with Crippen LogP contribution in [0.25, 0.3) is 11.0 Å². The minimum absolute atomic E-state index is 0. The standard InChI is InChI=1S/C11H17N5O2S.ClH/c1-7(5-12)15-19(17,18)9-4-10-8(2)14-16(3)11(10)13-6-9;/h4,6-7,15H,5,12H2,1-3H3;1H/t7-;/m0./s1. The monoisotopic (exact) mass is 319 g/mol. The number of nitrogens with zero attached hydrogens (tertiary/aromatic N) is 3. The summed E-state index contributed by atoms with van der Waals surface area (Å²) in [6.45, 7) is 3.76. The predicted octanol–water partition coefficient (Wildman–Crippen LogP) is 0.324. The first-order valence-corrected chi connectivity index (χ1v) is 7.35. The topological polar surface area (TPSA) is 103 Å². The van der Waals surface area contributed by atoms with Crippen molar-refractivity contribution in [2.75, 3.05) is 6.54 Å². The number of hydrogen-bond acceptors (Lipinski definition) is 5. The molecule has 112 valence electrons. The van der Waals surface area contributed by atoms with Gasteiger partial charge in [0.1, 0.15) is 4.90 Å². The van der Waals surface area contributed by atoms with Crippen molar-refractivity contribution in [2.24, 2.45) is 12.8 Å². The summed E-state index contributed by atoms with van der Waals surface area (Å²) in [6.07, 6.45) is 1.33. The fourth-order valence-electron chi connectivity index (χ4n) is 1.82. The van der Waals surface area contributed by atoms with Crippen molar-refractivity contribution in [3.05, 3.63) is 18.0 Å². The molecule has 2 heterocycles. The van der Waals surface area contributed by atoms with Gasteiger partial charge in [-0.2, -0.15) is 5.10 Å². The Bertz CT molecular complexity index is 713. The summed E-state index contributed by atoms with van der Waals surface area (Å²) in [5, 5.41) is 4.94. The quantitative estimate of drug-likeness (QED) is 0.845. The van der Waals surface area contributed by atoms with Crippen LogP contribution in [0.2, 0.25) is 0 Å². The highest BCUT2D eigenvalue weighted by Gasteiger charge is 2.19. The molecule has 3 N–H and O–H groups in total. The molecule has 0 bridgehead atoms. The van der Waals surface area contributed by atoms with E-state index in [9.17, 15) is 8.42 Å². The molecule has 20 heavy (non-hydrogen) atoms. The summed E-state index contributed by atoms with van der Waals surface area (Å²) in [4.78, 5) is 4.27. The number of nitrogens with two attached hydrogens (primary N) is 1. The lowest BCUT2D eigenvalue weighted by Gasteiger charge is -2.11. The Kier molecular flexibility index (Phi) is 5.09. The maximum atomic E-state index is 12.1. The summed E-state index contributed by atoms with van der Waals surface area (Å²) in [5.74, 6) is 0. The molecule has 0 fully saturated rings. The smallest absolute Gasteiger partial charge is 0.242 e. The Hall–Kier alpha value is -1.22. The lowest BCUT2D eigenvalue weighted by Crippen LogP contribution is -2.37. The van der Waals surface area contributed by atoms with Gasteiger partial charge >= 0.3 is 0 Å². The van der Waals surface area contributed by atoms with E-state index in [0.717, 1.165) is 11.1 Å². The molecule has 1 atom stereocenters. The van der Waals surface area contributed by atoms with Crippen LogP contribution in [0.5, 0.6) is 0 Å². The van der Waals surface area contributed by atoms with Gasteiger partial charge in [-0.1, -0.05) is 0 Å². The van der Waals surface area contributed by atoms with Crippen LogP contribution in [0.1, 0.15) is 12.6 Å². The number of pyridine rings is 1. The van der Waals surface area contributed by atoms with Gasteiger partial charge in [0.2, 0.25) is 10.0 Å². The van der Waals surface area contributed by atoms with Gasteiger partial charge in [-0.05, 0) is 19.9 Å². The number of fused-ring (bicyclic) bond motifs is 1. The third-order valence-electron chi connectivity index (χ3n) is 2.86. The molecular formula is C11H18ClN5O2S. The highest BCUT2D eigenvalue weighted by molar-refractivity contribution is 7.89. The number of rotatable bonds is 4. The van der Waals surface area contributed by atoms with Gasteiger partial charge in [-0.15, -0.1) is 12.4 Å². The molecule has 0 aliphatic carbocycles. The van der Waals surface area contributed by atoms with Gasteiger partial charge in [0, 0.05) is 31.2 Å². The van der Waals surface area contributed by atoms with Crippen molar-refractivity contribution >= 4 is 33.5 Å². The van der Waals surface area contributed by atoms with Crippen LogP contribution in [-0.4, -0.2) is 35.8 Å². The third-order valence-corrected chi connectivity index (χ3v) is 4.41. The van der Waals surface area contributed by atoms with Crippen molar-refractivity contribution in [3.63, 3.8) is 0 Å². The summed E-state index contributed by atoms with van der Waals surface area (Å²) in [6, 6.07) is 1.26. The first kappa shape index (κ1) is 16.8. The fraction of sp³-hybridized carbons (Fsp3) is 0.455. The van der Waals surface area contributed by atoms with Gasteiger partial charge < -0.3 is 5.73 Å². The molecule has 9 heteroatoms. The van der Waals surface area contributed by atoms with Crippen LogP contribution in [-0.2, 0) is 17.1 Å². The van der Waals surface area contributed by atoms with Gasteiger partial charge in [-0.3, -0.25) is 4.68 Å². The molecule has 0 unspecified atom stereocenters. The SMILES string of the molecule is Cc1nn(C)c2ncc(S(=O)(=O)N[C@@H](C)CN)cc12.Cl. The van der Waals surface area contributed by atoms with E-state index in [0.29, 0.717) is 5.65 Å². The van der Waals surface area contributed by atoms with Crippen LogP contribution in [0.15, 0.2) is 17.2 Å². The second kappa shape index (κ2) is 6.04. The number of aromatic nitrogens is 3. The van der Waals surface area contributed by atoms with Crippen molar-refractivity contribution < 1.29 is 8.42 Å². The molecule has 0 aliphatic heterocycles. The van der Waals surface area contributed by atoms with Gasteiger partial charge in [0.25, 0.3) is 0 Å². The molecule has 0 saturated carbocycles. The first-order chi connectivity index (χ1) is 8.85. The maximum Gasteiger partial charge on any atom is 0.242 e. The Labute approximate surface area is 124 Å². The summed E-state index contributed by atoms with van der Waals surface area (Å²) >= 11 is 0. The average Bonchev–Trinajstić information content (AvgIpc) is 2.64. The average molecular weight is 320 g/mol. The number of sulfonamides is 1. The molecule has 0 saturated heterocycles. The Balaban J connectivity index is 0.00000200. The van der Waals surface area contributed by atoms with Crippen molar-refractivity contribution in [3.8, 4) is 0 Å².